The van der Waals surface area contributed by atoms with Crippen molar-refractivity contribution in [3.8, 4) is 0 Å². The molecule has 2 heterocycles. The molecule has 4 aromatic rings. The Kier molecular flexibility index (Phi) is 5.97. The number of hydrogen-bond acceptors (Lipinski definition) is 2. The Bertz CT molecular complexity index is 1140. The van der Waals surface area contributed by atoms with Crippen molar-refractivity contribution >= 4 is 34.9 Å². The SMILES string of the molecule is C1=C(c2ccco2)[CH]([Hf][CH]2C(c3ccco3)=Cc3ccccc32)c2ccccc21.CCl. The average molecular weight is 591 g/mol. The van der Waals surface area contributed by atoms with Gasteiger partial charge in [-0.1, -0.05) is 0 Å². The second-order valence-corrected chi connectivity index (χ2v) is 12.8. The zero-order valence-corrected chi connectivity index (χ0v) is 21.4. The molecule has 2 atom stereocenters. The van der Waals surface area contributed by atoms with Crippen LogP contribution < -0.4 is 0 Å². The van der Waals surface area contributed by atoms with E-state index in [-0.39, 0.29) is 0 Å². The van der Waals surface area contributed by atoms with Crippen molar-refractivity contribution < 1.29 is 31.7 Å². The summed E-state index contributed by atoms with van der Waals surface area (Å²) < 4.78 is 12.6. The van der Waals surface area contributed by atoms with Gasteiger partial charge in [0.1, 0.15) is 0 Å². The summed E-state index contributed by atoms with van der Waals surface area (Å²) in [6, 6.07) is 25.8. The first-order chi connectivity index (χ1) is 15.4. The summed E-state index contributed by atoms with van der Waals surface area (Å²) in [6.07, 6.45) is 9.71. The van der Waals surface area contributed by atoms with Gasteiger partial charge in [-0.3, -0.25) is 0 Å². The predicted molar refractivity (Wildman–Crippen MR) is 123 cm³/mol. The molecule has 0 radical (unpaired) electrons. The summed E-state index contributed by atoms with van der Waals surface area (Å²) in [5.74, 6) is 2.02. The third kappa shape index (κ3) is 3.75. The fourth-order valence-corrected chi connectivity index (χ4v) is 11.8. The second-order valence-electron chi connectivity index (χ2n) is 7.44. The summed E-state index contributed by atoms with van der Waals surface area (Å²) in [6.45, 7) is 0. The van der Waals surface area contributed by atoms with Crippen molar-refractivity contribution in [2.24, 2.45) is 0 Å². The molecule has 0 N–H and O–H groups in total. The van der Waals surface area contributed by atoms with E-state index in [0.29, 0.717) is 7.35 Å². The summed E-state index contributed by atoms with van der Waals surface area (Å²) in [4.78, 5) is 0. The van der Waals surface area contributed by atoms with Crippen LogP contribution in [0.2, 0.25) is 0 Å². The maximum Gasteiger partial charge on any atom is 0.0108 e. The minimum absolute atomic E-state index is 0.479. The topological polar surface area (TPSA) is 26.3 Å². The molecule has 4 heteroatoms. The molecule has 0 bridgehead atoms. The van der Waals surface area contributed by atoms with Crippen LogP contribution in [0.15, 0.2) is 94.2 Å². The van der Waals surface area contributed by atoms with Crippen molar-refractivity contribution in [1.82, 2.24) is 0 Å². The second kappa shape index (κ2) is 9.02. The van der Waals surface area contributed by atoms with E-state index in [2.05, 4.69) is 84.4 Å². The van der Waals surface area contributed by atoms with Gasteiger partial charge in [-0.25, -0.2) is 0 Å². The quantitative estimate of drug-likeness (QED) is 0.180. The number of halogens is 1. The van der Waals surface area contributed by atoms with E-state index in [0.717, 1.165) is 11.5 Å². The molecule has 0 fully saturated rings. The third-order valence-electron chi connectivity index (χ3n) is 5.80. The molecular weight excluding hydrogens is 570 g/mol. The van der Waals surface area contributed by atoms with E-state index < -0.39 is 22.9 Å². The van der Waals surface area contributed by atoms with Crippen LogP contribution in [0.4, 0.5) is 0 Å². The fraction of sp³-hybridized carbons (Fsp3) is 0.111. The van der Waals surface area contributed by atoms with E-state index in [9.17, 15) is 0 Å². The van der Waals surface area contributed by atoms with Gasteiger partial charge in [-0.15, -0.1) is 11.6 Å². The van der Waals surface area contributed by atoms with Gasteiger partial charge in [0.2, 0.25) is 0 Å². The Morgan fingerprint density at radius 2 is 1.06 bits per heavy atom. The Labute approximate surface area is 198 Å². The van der Waals surface area contributed by atoms with Gasteiger partial charge < -0.3 is 0 Å². The molecular formula is C27H21ClHfO2. The van der Waals surface area contributed by atoms with E-state index in [1.54, 1.807) is 12.5 Å². The third-order valence-corrected chi connectivity index (χ3v) is 12.7. The van der Waals surface area contributed by atoms with E-state index >= 15 is 0 Å². The fourth-order valence-electron chi connectivity index (χ4n) is 4.49. The molecule has 152 valence electrons. The van der Waals surface area contributed by atoms with Gasteiger partial charge in [0.15, 0.2) is 0 Å². The van der Waals surface area contributed by atoms with Crippen molar-refractivity contribution in [2.75, 3.05) is 6.38 Å². The summed E-state index contributed by atoms with van der Waals surface area (Å²) in [5, 5.41) is 0. The maximum atomic E-state index is 5.84. The van der Waals surface area contributed by atoms with Crippen LogP contribution in [0.1, 0.15) is 41.1 Å². The number of rotatable bonds is 4. The molecule has 0 aliphatic heterocycles. The Morgan fingerprint density at radius 3 is 1.48 bits per heavy atom. The average Bonchev–Trinajstić information content (AvgIpc) is 3.61. The van der Waals surface area contributed by atoms with Gasteiger partial charge in [0, 0.05) is 6.38 Å². The minimum Gasteiger partial charge on any atom is -0.130 e. The van der Waals surface area contributed by atoms with Gasteiger partial charge in [0.25, 0.3) is 0 Å². The first-order valence-corrected chi connectivity index (χ1v) is 15.1. The van der Waals surface area contributed by atoms with Crippen LogP contribution in [0.3, 0.4) is 0 Å². The number of benzene rings is 2. The summed E-state index contributed by atoms with van der Waals surface area (Å²) in [5.41, 5.74) is 8.30. The van der Waals surface area contributed by atoms with E-state index in [1.165, 1.54) is 39.8 Å². The molecule has 0 saturated carbocycles. The molecule has 2 aromatic carbocycles. The van der Waals surface area contributed by atoms with Crippen LogP contribution in [-0.4, -0.2) is 6.38 Å². The Hall–Kier alpha value is -2.36. The minimum atomic E-state index is -1.30. The molecule has 2 nitrogen and oxygen atoms in total. The first kappa shape index (κ1) is 20.5. The molecule has 2 aliphatic carbocycles. The molecule has 2 unspecified atom stereocenters. The smallest absolute Gasteiger partial charge is 0.0108 e. The number of hydrogen-bond donors (Lipinski definition) is 0. The molecule has 0 spiro atoms. The predicted octanol–water partition coefficient (Wildman–Crippen LogP) is 7.70. The largest absolute Gasteiger partial charge is 0.130 e. The van der Waals surface area contributed by atoms with Crippen LogP contribution in [0.25, 0.3) is 23.3 Å². The Morgan fingerprint density at radius 1 is 0.613 bits per heavy atom. The van der Waals surface area contributed by atoms with Crippen molar-refractivity contribution in [1.29, 1.82) is 0 Å². The zero-order chi connectivity index (χ0) is 21.2. The molecule has 0 saturated heterocycles. The van der Waals surface area contributed by atoms with Gasteiger partial charge in [-0.2, -0.15) is 0 Å². The number of alkyl halides is 1. The van der Waals surface area contributed by atoms with Crippen LogP contribution in [0.5, 0.6) is 0 Å². The molecule has 0 amide bonds. The molecule has 6 rings (SSSR count). The molecule has 2 aliphatic rings. The molecule has 31 heavy (non-hydrogen) atoms. The summed E-state index contributed by atoms with van der Waals surface area (Å²) in [7, 11) is 0. The van der Waals surface area contributed by atoms with Gasteiger partial charge >= 0.3 is 181 Å². The van der Waals surface area contributed by atoms with Gasteiger partial charge in [-0.05, 0) is 0 Å². The van der Waals surface area contributed by atoms with Crippen molar-refractivity contribution in [3.05, 3.63) is 119 Å². The summed E-state index contributed by atoms with van der Waals surface area (Å²) >= 11 is 3.34. The van der Waals surface area contributed by atoms with Crippen molar-refractivity contribution in [2.45, 2.75) is 7.35 Å². The van der Waals surface area contributed by atoms with Crippen molar-refractivity contribution in [3.63, 3.8) is 0 Å². The van der Waals surface area contributed by atoms with E-state index in [4.69, 9.17) is 8.83 Å². The van der Waals surface area contributed by atoms with E-state index in [1.807, 2.05) is 12.1 Å². The zero-order valence-electron chi connectivity index (χ0n) is 17.1. The first-order valence-electron chi connectivity index (χ1n) is 10.2. The normalized spacial score (nSPS) is 18.4. The standard InChI is InChI=1S/2C13H9O.CH3Cl.Hf/c2*1-2-5-11-9-12(8-10(11)4-1)13-6-3-7-14-13;1-2;/h2*1-9H;1H3;. The molecule has 2 aromatic heterocycles. The Balaban J connectivity index is 0.000000994. The van der Waals surface area contributed by atoms with Crippen LogP contribution >= 0.6 is 11.6 Å². The maximum absolute atomic E-state index is 5.84. The van der Waals surface area contributed by atoms with Crippen LogP contribution in [-0.2, 0) is 22.9 Å². The number of furan rings is 2. The number of allylic oxidation sites excluding steroid dienone is 2. The van der Waals surface area contributed by atoms with Crippen LogP contribution in [0, 0.1) is 0 Å². The number of fused-ring (bicyclic) bond motifs is 2. The monoisotopic (exact) mass is 592 g/mol. The van der Waals surface area contributed by atoms with Gasteiger partial charge in [0.05, 0.1) is 0 Å².